The summed E-state index contributed by atoms with van der Waals surface area (Å²) in [6.07, 6.45) is 6.51. The zero-order valence-corrected chi connectivity index (χ0v) is 15.9. The molecular weight excluding hydrogens is 362 g/mol. The Morgan fingerprint density at radius 2 is 2.33 bits per heavy atom. The average molecular weight is 383 g/mol. The van der Waals surface area contributed by atoms with Crippen LogP contribution in [-0.2, 0) is 0 Å². The van der Waals surface area contributed by atoms with Crippen molar-refractivity contribution in [2.45, 2.75) is 25.8 Å². The Morgan fingerprint density at radius 3 is 3.15 bits per heavy atom. The van der Waals surface area contributed by atoms with Crippen molar-refractivity contribution < 1.29 is 9.53 Å². The minimum atomic E-state index is -0.183. The molecule has 1 amide bonds. The minimum Gasteiger partial charge on any atom is -0.492 e. The molecule has 8 heteroatoms. The number of hydrogen-bond donors (Lipinski definition) is 1. The maximum Gasteiger partial charge on any atom is 0.271 e. The molecule has 1 N–H and O–H groups in total. The Morgan fingerprint density at radius 1 is 1.41 bits per heavy atom. The van der Waals surface area contributed by atoms with Gasteiger partial charge in [-0.3, -0.25) is 9.78 Å². The van der Waals surface area contributed by atoms with Gasteiger partial charge >= 0.3 is 0 Å². The highest BCUT2D eigenvalue weighted by atomic mass is 32.1. The maximum atomic E-state index is 12.4. The Kier molecular flexibility index (Phi) is 5.15. The molecule has 3 heterocycles. The Labute approximate surface area is 161 Å². The van der Waals surface area contributed by atoms with Crippen LogP contribution in [0.2, 0.25) is 0 Å². The molecule has 1 aromatic carbocycles. The summed E-state index contributed by atoms with van der Waals surface area (Å²) in [6.45, 7) is 4.25. The number of hydrogen-bond acceptors (Lipinski definition) is 7. The van der Waals surface area contributed by atoms with Crippen molar-refractivity contribution in [3.05, 3.63) is 42.5 Å². The van der Waals surface area contributed by atoms with Crippen LogP contribution in [0.3, 0.4) is 0 Å². The number of rotatable bonds is 5. The molecule has 1 aliphatic heterocycles. The third kappa shape index (κ3) is 3.85. The Hall–Kier alpha value is -2.74. The summed E-state index contributed by atoms with van der Waals surface area (Å²) in [4.78, 5) is 27.4. The lowest BCUT2D eigenvalue weighted by molar-refractivity contribution is 0.0927. The van der Waals surface area contributed by atoms with E-state index >= 15 is 0 Å². The lowest BCUT2D eigenvalue weighted by atomic mass is 10.1. The second-order valence-corrected chi connectivity index (χ2v) is 7.39. The second kappa shape index (κ2) is 7.87. The molecule has 1 unspecified atom stereocenters. The average Bonchev–Trinajstić information content (AvgIpc) is 3.15. The van der Waals surface area contributed by atoms with Gasteiger partial charge in [0.05, 0.1) is 17.5 Å². The highest BCUT2D eigenvalue weighted by Gasteiger charge is 2.24. The molecule has 0 saturated carbocycles. The highest BCUT2D eigenvalue weighted by molar-refractivity contribution is 7.22. The van der Waals surface area contributed by atoms with Gasteiger partial charge in [0, 0.05) is 31.5 Å². The topological polar surface area (TPSA) is 80.2 Å². The summed E-state index contributed by atoms with van der Waals surface area (Å²) in [5.41, 5.74) is 1.25. The number of ether oxygens (including phenoxy) is 1. The van der Waals surface area contributed by atoms with Crippen LogP contribution in [0.1, 0.15) is 30.3 Å². The smallest absolute Gasteiger partial charge is 0.271 e. The Bertz CT molecular complexity index is 930. The quantitative estimate of drug-likeness (QED) is 0.730. The van der Waals surface area contributed by atoms with Gasteiger partial charge in [-0.2, -0.15) is 0 Å². The van der Waals surface area contributed by atoms with Crippen molar-refractivity contribution in [2.24, 2.45) is 0 Å². The molecule has 7 nitrogen and oxygen atoms in total. The van der Waals surface area contributed by atoms with Crippen molar-refractivity contribution >= 4 is 32.6 Å². The molecule has 2 aromatic heterocycles. The van der Waals surface area contributed by atoms with Gasteiger partial charge in [-0.25, -0.2) is 9.97 Å². The number of carbonyl (C=O) groups excluding carboxylic acids is 1. The van der Waals surface area contributed by atoms with E-state index in [0.717, 1.165) is 47.0 Å². The number of carbonyl (C=O) groups is 1. The normalized spacial score (nSPS) is 17.1. The fourth-order valence-corrected chi connectivity index (χ4v) is 4.28. The minimum absolute atomic E-state index is 0.0617. The number of nitrogens with one attached hydrogen (secondary N) is 1. The molecule has 1 fully saturated rings. The number of thiazole rings is 1. The number of fused-ring (bicyclic) bond motifs is 1. The zero-order valence-electron chi connectivity index (χ0n) is 15.1. The van der Waals surface area contributed by atoms with Gasteiger partial charge in [0.15, 0.2) is 5.13 Å². The van der Waals surface area contributed by atoms with E-state index in [9.17, 15) is 4.79 Å². The van der Waals surface area contributed by atoms with E-state index in [4.69, 9.17) is 9.72 Å². The van der Waals surface area contributed by atoms with E-state index in [0.29, 0.717) is 12.3 Å². The van der Waals surface area contributed by atoms with Crippen LogP contribution in [0.5, 0.6) is 5.75 Å². The first-order valence-electron chi connectivity index (χ1n) is 9.08. The highest BCUT2D eigenvalue weighted by Crippen LogP contribution is 2.35. The maximum absolute atomic E-state index is 12.4. The van der Waals surface area contributed by atoms with E-state index in [1.807, 2.05) is 19.1 Å². The van der Waals surface area contributed by atoms with Crippen LogP contribution >= 0.6 is 11.3 Å². The summed E-state index contributed by atoms with van der Waals surface area (Å²) in [5, 5.41) is 4.04. The van der Waals surface area contributed by atoms with Crippen LogP contribution in [-0.4, -0.2) is 46.6 Å². The summed E-state index contributed by atoms with van der Waals surface area (Å²) in [6, 6.07) is 6.08. The molecule has 4 rings (SSSR count). The van der Waals surface area contributed by atoms with Gasteiger partial charge in [-0.1, -0.05) is 17.4 Å². The van der Waals surface area contributed by atoms with Crippen molar-refractivity contribution in [2.75, 3.05) is 24.6 Å². The van der Waals surface area contributed by atoms with Crippen molar-refractivity contribution in [1.29, 1.82) is 0 Å². The van der Waals surface area contributed by atoms with Crippen molar-refractivity contribution in [3.8, 4) is 5.75 Å². The number of anilines is 1. The van der Waals surface area contributed by atoms with Gasteiger partial charge in [0.2, 0.25) is 0 Å². The predicted molar refractivity (Wildman–Crippen MR) is 106 cm³/mol. The van der Waals surface area contributed by atoms with Crippen LogP contribution < -0.4 is 15.0 Å². The third-order valence-electron chi connectivity index (χ3n) is 4.49. The summed E-state index contributed by atoms with van der Waals surface area (Å²) >= 11 is 1.66. The first-order chi connectivity index (χ1) is 13.2. The summed E-state index contributed by atoms with van der Waals surface area (Å²) in [5.74, 6) is 0.639. The fourth-order valence-electron chi connectivity index (χ4n) is 3.26. The van der Waals surface area contributed by atoms with Gasteiger partial charge < -0.3 is 15.0 Å². The second-order valence-electron chi connectivity index (χ2n) is 6.38. The molecule has 1 atom stereocenters. The lowest BCUT2D eigenvalue weighted by Crippen LogP contribution is -2.48. The number of benzene rings is 1. The molecule has 1 aliphatic rings. The van der Waals surface area contributed by atoms with Crippen molar-refractivity contribution in [3.63, 3.8) is 0 Å². The van der Waals surface area contributed by atoms with Gasteiger partial charge in [0.1, 0.15) is 17.0 Å². The molecule has 0 aliphatic carbocycles. The summed E-state index contributed by atoms with van der Waals surface area (Å²) in [7, 11) is 0. The number of piperidine rings is 1. The van der Waals surface area contributed by atoms with Gasteiger partial charge in [0.25, 0.3) is 5.91 Å². The first kappa shape index (κ1) is 17.7. The molecule has 3 aromatic rings. The van der Waals surface area contributed by atoms with Crippen molar-refractivity contribution in [1.82, 2.24) is 20.3 Å². The molecule has 0 bridgehead atoms. The third-order valence-corrected chi connectivity index (χ3v) is 5.57. The number of nitrogens with zero attached hydrogens (tertiary/aromatic N) is 4. The molecule has 0 spiro atoms. The van der Waals surface area contributed by atoms with Gasteiger partial charge in [-0.15, -0.1) is 0 Å². The monoisotopic (exact) mass is 383 g/mol. The number of para-hydroxylation sites is 1. The molecule has 27 heavy (non-hydrogen) atoms. The Balaban J connectivity index is 1.49. The molecular formula is C19H21N5O2S. The molecule has 1 saturated heterocycles. The standard InChI is InChI=1S/C19H21N5O2S/c1-2-26-15-6-3-7-16-17(15)23-19(27-16)24-10-4-5-13(12-24)22-18(25)14-11-20-8-9-21-14/h3,6-9,11,13H,2,4-5,10,12H2,1H3,(H,22,25). The predicted octanol–water partition coefficient (Wildman–Crippen LogP) is 2.88. The number of amides is 1. The fraction of sp³-hybridized carbons (Fsp3) is 0.368. The van der Waals surface area contributed by atoms with Crippen LogP contribution in [0, 0.1) is 0 Å². The first-order valence-corrected chi connectivity index (χ1v) is 9.90. The van der Waals surface area contributed by atoms with E-state index in [-0.39, 0.29) is 11.9 Å². The van der Waals surface area contributed by atoms with E-state index in [1.165, 1.54) is 12.4 Å². The van der Waals surface area contributed by atoms with Crippen LogP contribution in [0.15, 0.2) is 36.8 Å². The van der Waals surface area contributed by atoms with E-state index < -0.39 is 0 Å². The largest absolute Gasteiger partial charge is 0.492 e. The van der Waals surface area contributed by atoms with Crippen LogP contribution in [0.25, 0.3) is 10.2 Å². The summed E-state index contributed by atoms with van der Waals surface area (Å²) < 4.78 is 6.81. The molecule has 140 valence electrons. The van der Waals surface area contributed by atoms with Gasteiger partial charge in [-0.05, 0) is 31.9 Å². The van der Waals surface area contributed by atoms with E-state index in [1.54, 1.807) is 17.5 Å². The zero-order chi connectivity index (χ0) is 18.6. The van der Waals surface area contributed by atoms with Crippen LogP contribution in [0.4, 0.5) is 5.13 Å². The lowest BCUT2D eigenvalue weighted by Gasteiger charge is -2.32. The molecule has 0 radical (unpaired) electrons. The van der Waals surface area contributed by atoms with E-state index in [2.05, 4.69) is 26.3 Å². The SMILES string of the molecule is CCOc1cccc2sc(N3CCCC(NC(=O)c4cnccn4)C3)nc12. The number of aromatic nitrogens is 3.